The van der Waals surface area contributed by atoms with Gasteiger partial charge in [0.25, 0.3) is 0 Å². The van der Waals surface area contributed by atoms with Gasteiger partial charge in [0, 0.05) is 30.0 Å². The molecular weight excluding hydrogens is 288 g/mol. The fraction of sp³-hybridized carbons (Fsp3) is 0.278. The number of fused-ring (bicyclic) bond motifs is 1. The minimum Gasteiger partial charge on any atom is -0.379 e. The van der Waals surface area contributed by atoms with Crippen molar-refractivity contribution in [1.82, 2.24) is 15.0 Å². The van der Waals surface area contributed by atoms with Crippen molar-refractivity contribution in [2.75, 3.05) is 18.5 Å². The second kappa shape index (κ2) is 6.30. The number of hydrogen-bond donors (Lipinski definition) is 1. The summed E-state index contributed by atoms with van der Waals surface area (Å²) in [6.07, 6.45) is 5.72. The average molecular weight is 306 g/mol. The number of rotatable bonds is 3. The standard InChI is InChI=1S/C18H18N4O/c1-2-8-16-15(7-1)18(20-14-6-4-10-23-12-14)22-17(21-16)13-5-3-9-19-11-13/h1-3,5,7-9,11,14H,4,6,10,12H2,(H,20,21,22). The predicted octanol–water partition coefficient (Wildman–Crippen LogP) is 3.28. The molecule has 0 amide bonds. The smallest absolute Gasteiger partial charge is 0.163 e. The van der Waals surface area contributed by atoms with Crippen LogP contribution in [0.4, 0.5) is 5.82 Å². The zero-order valence-corrected chi connectivity index (χ0v) is 12.8. The molecule has 5 nitrogen and oxygen atoms in total. The summed E-state index contributed by atoms with van der Waals surface area (Å²) in [7, 11) is 0. The maximum absolute atomic E-state index is 5.57. The number of para-hydroxylation sites is 1. The molecule has 1 unspecified atom stereocenters. The molecule has 5 heteroatoms. The lowest BCUT2D eigenvalue weighted by molar-refractivity contribution is 0.0875. The van der Waals surface area contributed by atoms with Crippen LogP contribution in [0.2, 0.25) is 0 Å². The summed E-state index contributed by atoms with van der Waals surface area (Å²) in [4.78, 5) is 13.6. The van der Waals surface area contributed by atoms with Crippen LogP contribution < -0.4 is 5.32 Å². The molecular formula is C18H18N4O. The van der Waals surface area contributed by atoms with E-state index in [4.69, 9.17) is 9.72 Å². The number of nitrogens with zero attached hydrogens (tertiary/aromatic N) is 3. The molecule has 1 aromatic carbocycles. The first kappa shape index (κ1) is 14.1. The minimum atomic E-state index is 0.295. The summed E-state index contributed by atoms with van der Waals surface area (Å²) in [6.45, 7) is 1.57. The molecule has 1 N–H and O–H groups in total. The van der Waals surface area contributed by atoms with Crippen LogP contribution in [0.5, 0.6) is 0 Å². The summed E-state index contributed by atoms with van der Waals surface area (Å²) >= 11 is 0. The van der Waals surface area contributed by atoms with Crippen LogP contribution >= 0.6 is 0 Å². The predicted molar refractivity (Wildman–Crippen MR) is 90.2 cm³/mol. The van der Waals surface area contributed by atoms with Gasteiger partial charge in [-0.05, 0) is 37.1 Å². The molecule has 1 aliphatic rings. The minimum absolute atomic E-state index is 0.295. The fourth-order valence-corrected chi connectivity index (χ4v) is 2.86. The van der Waals surface area contributed by atoms with Crippen LogP contribution in [0.25, 0.3) is 22.3 Å². The zero-order chi connectivity index (χ0) is 15.5. The molecule has 4 rings (SSSR count). The topological polar surface area (TPSA) is 59.9 Å². The Bertz CT molecular complexity index is 800. The van der Waals surface area contributed by atoms with E-state index in [9.17, 15) is 0 Å². The Morgan fingerprint density at radius 1 is 1.09 bits per heavy atom. The summed E-state index contributed by atoms with van der Waals surface area (Å²) in [6, 6.07) is 12.2. The highest BCUT2D eigenvalue weighted by atomic mass is 16.5. The summed E-state index contributed by atoms with van der Waals surface area (Å²) < 4.78 is 5.57. The van der Waals surface area contributed by atoms with Gasteiger partial charge in [-0.25, -0.2) is 9.97 Å². The molecule has 1 saturated heterocycles. The van der Waals surface area contributed by atoms with Crippen LogP contribution in [0.3, 0.4) is 0 Å². The van der Waals surface area contributed by atoms with Crippen LogP contribution in [-0.4, -0.2) is 34.2 Å². The molecule has 0 aliphatic carbocycles. The first-order valence-corrected chi connectivity index (χ1v) is 7.91. The second-order valence-electron chi connectivity index (χ2n) is 5.71. The third kappa shape index (κ3) is 3.00. The van der Waals surface area contributed by atoms with E-state index in [1.165, 1.54) is 0 Å². The summed E-state index contributed by atoms with van der Waals surface area (Å²) in [5.74, 6) is 1.56. The van der Waals surface area contributed by atoms with E-state index in [1.54, 1.807) is 12.4 Å². The van der Waals surface area contributed by atoms with E-state index in [0.717, 1.165) is 48.3 Å². The Hall–Kier alpha value is -2.53. The van der Waals surface area contributed by atoms with Gasteiger partial charge in [-0.3, -0.25) is 4.98 Å². The van der Waals surface area contributed by atoms with Crippen molar-refractivity contribution in [3.8, 4) is 11.4 Å². The number of nitrogens with one attached hydrogen (secondary N) is 1. The number of benzene rings is 1. The van der Waals surface area contributed by atoms with Crippen molar-refractivity contribution in [3.05, 3.63) is 48.8 Å². The molecule has 0 radical (unpaired) electrons. The van der Waals surface area contributed by atoms with Crippen molar-refractivity contribution in [1.29, 1.82) is 0 Å². The fourth-order valence-electron chi connectivity index (χ4n) is 2.86. The highest BCUT2D eigenvalue weighted by Crippen LogP contribution is 2.25. The number of pyridine rings is 1. The molecule has 116 valence electrons. The monoisotopic (exact) mass is 306 g/mol. The lowest BCUT2D eigenvalue weighted by atomic mass is 10.1. The normalized spacial score (nSPS) is 18.0. The largest absolute Gasteiger partial charge is 0.379 e. The van der Waals surface area contributed by atoms with Crippen molar-refractivity contribution in [3.63, 3.8) is 0 Å². The number of ether oxygens (including phenoxy) is 1. The van der Waals surface area contributed by atoms with E-state index in [-0.39, 0.29) is 0 Å². The molecule has 3 aromatic rings. The summed E-state index contributed by atoms with van der Waals surface area (Å²) in [5.41, 5.74) is 1.85. The zero-order valence-electron chi connectivity index (χ0n) is 12.8. The molecule has 1 aliphatic heterocycles. The van der Waals surface area contributed by atoms with Gasteiger partial charge in [0.15, 0.2) is 5.82 Å². The van der Waals surface area contributed by atoms with Crippen molar-refractivity contribution < 1.29 is 4.74 Å². The third-order valence-electron chi connectivity index (χ3n) is 4.02. The molecule has 1 fully saturated rings. The Morgan fingerprint density at radius 3 is 2.87 bits per heavy atom. The number of aromatic nitrogens is 3. The molecule has 0 bridgehead atoms. The van der Waals surface area contributed by atoms with Gasteiger partial charge in [0.2, 0.25) is 0 Å². The lowest BCUT2D eigenvalue weighted by Crippen LogP contribution is -2.30. The first-order valence-electron chi connectivity index (χ1n) is 7.91. The van der Waals surface area contributed by atoms with Gasteiger partial charge < -0.3 is 10.1 Å². The van der Waals surface area contributed by atoms with E-state index >= 15 is 0 Å². The number of hydrogen-bond acceptors (Lipinski definition) is 5. The Labute approximate surface area is 134 Å². The van der Waals surface area contributed by atoms with Gasteiger partial charge in [0.1, 0.15) is 5.82 Å². The molecule has 1 atom stereocenters. The highest BCUT2D eigenvalue weighted by molar-refractivity contribution is 5.90. The first-order chi connectivity index (χ1) is 11.4. The maximum Gasteiger partial charge on any atom is 0.163 e. The van der Waals surface area contributed by atoms with Gasteiger partial charge in [-0.15, -0.1) is 0 Å². The van der Waals surface area contributed by atoms with Crippen molar-refractivity contribution >= 4 is 16.7 Å². The van der Waals surface area contributed by atoms with Crippen molar-refractivity contribution in [2.24, 2.45) is 0 Å². The highest BCUT2D eigenvalue weighted by Gasteiger charge is 2.16. The van der Waals surface area contributed by atoms with Crippen molar-refractivity contribution in [2.45, 2.75) is 18.9 Å². The Morgan fingerprint density at radius 2 is 2.04 bits per heavy atom. The molecule has 0 saturated carbocycles. The van der Waals surface area contributed by atoms with Crippen LogP contribution in [0, 0.1) is 0 Å². The van der Waals surface area contributed by atoms with Gasteiger partial charge in [-0.2, -0.15) is 0 Å². The summed E-state index contributed by atoms with van der Waals surface area (Å²) in [5, 5.41) is 4.57. The Kier molecular flexibility index (Phi) is 3.86. The number of anilines is 1. The van der Waals surface area contributed by atoms with Gasteiger partial charge >= 0.3 is 0 Å². The molecule has 2 aromatic heterocycles. The van der Waals surface area contributed by atoms with Gasteiger partial charge in [0.05, 0.1) is 18.2 Å². The average Bonchev–Trinajstić information content (AvgIpc) is 2.63. The lowest BCUT2D eigenvalue weighted by Gasteiger charge is -2.24. The maximum atomic E-state index is 5.57. The van der Waals surface area contributed by atoms with Gasteiger partial charge in [-0.1, -0.05) is 12.1 Å². The quantitative estimate of drug-likeness (QED) is 0.804. The van der Waals surface area contributed by atoms with E-state index in [2.05, 4.69) is 15.3 Å². The molecule has 23 heavy (non-hydrogen) atoms. The second-order valence-corrected chi connectivity index (χ2v) is 5.71. The van der Waals surface area contributed by atoms with E-state index < -0.39 is 0 Å². The van der Waals surface area contributed by atoms with E-state index in [0.29, 0.717) is 11.9 Å². The molecule has 3 heterocycles. The Balaban J connectivity index is 1.77. The third-order valence-corrected chi connectivity index (χ3v) is 4.02. The van der Waals surface area contributed by atoms with Crippen LogP contribution in [-0.2, 0) is 4.74 Å². The van der Waals surface area contributed by atoms with Crippen LogP contribution in [0.1, 0.15) is 12.8 Å². The SMILES string of the molecule is c1cncc(-c2nc(NC3CCCOC3)c3ccccc3n2)c1. The molecule has 0 spiro atoms. The van der Waals surface area contributed by atoms with E-state index in [1.807, 2.05) is 36.4 Å². The van der Waals surface area contributed by atoms with Crippen LogP contribution in [0.15, 0.2) is 48.8 Å².